The molecule has 9 N–H and O–H groups in total. The highest BCUT2D eigenvalue weighted by molar-refractivity contribution is 6.39. The van der Waals surface area contributed by atoms with Crippen LogP contribution >= 0.6 is 69.6 Å². The Morgan fingerprint density at radius 2 is 0.854 bits per heavy atom. The van der Waals surface area contributed by atoms with E-state index in [1.807, 2.05) is 63.2 Å². The van der Waals surface area contributed by atoms with Crippen LogP contribution in [0.1, 0.15) is 104 Å². The van der Waals surface area contributed by atoms with Gasteiger partial charge in [0.1, 0.15) is 40.2 Å². The number of ether oxygens (including phenoxy) is 6. The quantitative estimate of drug-likeness (QED) is 0.0172. The summed E-state index contributed by atoms with van der Waals surface area (Å²) in [6.45, 7) is 9.34. The van der Waals surface area contributed by atoms with E-state index in [4.69, 9.17) is 104 Å². The number of anilines is 8. The third-order valence-corrected chi connectivity index (χ3v) is 20.0. The average Bonchev–Trinajstić information content (AvgIpc) is 0.824. The number of para-hydroxylation sites is 3. The van der Waals surface area contributed by atoms with E-state index in [2.05, 4.69) is 58.4 Å². The number of nitro groups is 1. The number of hydrogen-bond donors (Lipinski definition) is 8. The van der Waals surface area contributed by atoms with Crippen molar-refractivity contribution in [2.24, 2.45) is 0 Å². The normalized spacial score (nSPS) is 15.2. The molecule has 12 rings (SSSR count). The first-order chi connectivity index (χ1) is 46.2. The lowest BCUT2D eigenvalue weighted by Crippen LogP contribution is -2.15. The SMILES string of the molecule is C=CC(=O)Nc1cccc(C)c1Nc1n[nH]c2c1CCC(c1c(Cl)c(OC)cc(OC)c1Cl)C2.COc1cc(OC)c(Cl)c(C2CCc3c(Nc4c(C)cccc4N)n[nH]c3C2)c1Cl.COc1cc(OC)c(Cl)c(C2CCc3c(Nc4c(C)cccc4[N+](=O)[O-])n[nH]c3C2)c1Cl. The van der Waals surface area contributed by atoms with Crippen molar-refractivity contribution in [2.75, 3.05) is 69.7 Å². The van der Waals surface area contributed by atoms with E-state index in [-0.39, 0.29) is 29.3 Å². The smallest absolute Gasteiger partial charge is 0.292 e. The predicted molar refractivity (Wildman–Crippen MR) is 382 cm³/mol. The van der Waals surface area contributed by atoms with E-state index in [0.29, 0.717) is 107 Å². The van der Waals surface area contributed by atoms with E-state index in [1.165, 1.54) is 12.1 Å². The number of nitrogens with two attached hydrogens (primary N) is 1. The number of aromatic nitrogens is 6. The number of nitrogen functional groups attached to an aromatic ring is 1. The summed E-state index contributed by atoms with van der Waals surface area (Å²) in [6.07, 6.45) is 8.07. The lowest BCUT2D eigenvalue weighted by molar-refractivity contribution is -0.384. The maximum absolute atomic E-state index is 11.9. The van der Waals surface area contributed by atoms with Crippen LogP contribution < -0.4 is 55.4 Å². The zero-order valence-corrected chi connectivity index (χ0v) is 58.7. The van der Waals surface area contributed by atoms with Crippen molar-refractivity contribution in [3.05, 3.63) is 193 Å². The molecule has 6 aromatic carbocycles. The number of benzene rings is 6. The van der Waals surface area contributed by atoms with Gasteiger partial charge in [0.25, 0.3) is 5.69 Å². The highest BCUT2D eigenvalue weighted by atomic mass is 35.5. The largest absolute Gasteiger partial charge is 0.495 e. The van der Waals surface area contributed by atoms with Crippen LogP contribution in [0.3, 0.4) is 0 Å². The van der Waals surface area contributed by atoms with Crippen LogP contribution in [0.25, 0.3) is 0 Å². The Kier molecular flexibility index (Phi) is 22.3. The fourth-order valence-corrected chi connectivity index (χ4v) is 15.1. The highest BCUT2D eigenvalue weighted by Crippen LogP contribution is 2.52. The van der Waals surface area contributed by atoms with Crippen LogP contribution in [-0.2, 0) is 43.3 Å². The van der Waals surface area contributed by atoms with Crippen molar-refractivity contribution >= 4 is 127 Å². The molecule has 0 radical (unpaired) electrons. The molecule has 21 nitrogen and oxygen atoms in total. The van der Waals surface area contributed by atoms with Crippen molar-refractivity contribution in [3.63, 3.8) is 0 Å². The summed E-state index contributed by atoms with van der Waals surface area (Å²) in [5, 5.41) is 50.2. The van der Waals surface area contributed by atoms with Gasteiger partial charge in [-0.3, -0.25) is 30.2 Å². The molecule has 0 bridgehead atoms. The summed E-state index contributed by atoms with van der Waals surface area (Å²) in [7, 11) is 9.41. The zero-order valence-electron chi connectivity index (χ0n) is 54.1. The number of nitro benzene ring substituents is 1. The fourth-order valence-electron chi connectivity index (χ4n) is 12.7. The topological polar surface area (TPSA) is 276 Å². The molecule has 9 aromatic rings. The first-order valence-corrected chi connectivity index (χ1v) is 32.8. The molecule has 27 heteroatoms. The van der Waals surface area contributed by atoms with Gasteiger partial charge in [-0.25, -0.2) is 0 Å². The summed E-state index contributed by atoms with van der Waals surface area (Å²) in [4.78, 5) is 22.9. The van der Waals surface area contributed by atoms with Gasteiger partial charge in [-0.2, -0.15) is 15.3 Å². The van der Waals surface area contributed by atoms with E-state index >= 15 is 0 Å². The Balaban J connectivity index is 0.000000157. The minimum atomic E-state index is -0.398. The molecule has 0 saturated heterocycles. The van der Waals surface area contributed by atoms with Gasteiger partial charge in [-0.1, -0.05) is 113 Å². The zero-order chi connectivity index (χ0) is 68.8. The number of methoxy groups -OCH3 is 6. The number of aromatic amines is 3. The molecule has 96 heavy (non-hydrogen) atoms. The number of nitrogens with one attached hydrogen (secondary N) is 7. The van der Waals surface area contributed by atoms with Crippen LogP contribution in [0.4, 0.5) is 51.6 Å². The van der Waals surface area contributed by atoms with Gasteiger partial charge in [0.2, 0.25) is 5.91 Å². The molecule has 3 unspecified atom stereocenters. The maximum atomic E-state index is 11.9. The number of carbonyl (C=O) groups excluding carboxylic acids is 1. The van der Waals surface area contributed by atoms with Crippen LogP contribution in [0, 0.1) is 30.9 Å². The lowest BCUT2D eigenvalue weighted by atomic mass is 9.82. The van der Waals surface area contributed by atoms with Crippen molar-refractivity contribution in [1.82, 2.24) is 30.6 Å². The van der Waals surface area contributed by atoms with E-state index < -0.39 is 4.92 Å². The number of H-pyrrole nitrogens is 3. The van der Waals surface area contributed by atoms with E-state index in [9.17, 15) is 14.9 Å². The number of rotatable bonds is 18. The van der Waals surface area contributed by atoms with Crippen molar-refractivity contribution in [1.29, 1.82) is 0 Å². The standard InChI is InChI=1S/C25H26Cl2N4O3.C22H22Cl2N4O4.C22H24Cl2N4O2/c1-5-20(32)28-16-8-6-7-13(2)24(16)29-25-15-10-9-14(11-17(15)30-31-25)21-22(26)18(33-3)12-19(34-4)23(21)27;1-11-5-4-6-15(28(29)30)21(11)25-22-13-8-7-12(9-14(13)26-27-22)18-19(23)16(31-2)10-17(32-3)20(18)24;1-11-5-4-6-14(25)21(11)26-22-13-8-7-12(9-15(13)27-28-22)18-19(23)16(29-2)10-17(30-3)20(18)24/h5-8,12,14H,1,9-11H2,2-4H3,(H,28,32)(H2,29,30,31);4-6,10,12H,7-9H2,1-3H3,(H2,25,26,27);4-6,10,12H,7-9,25H2,1-3H3,(H2,26,27,28). The summed E-state index contributed by atoms with van der Waals surface area (Å²) < 4.78 is 32.5. The Morgan fingerprint density at radius 3 is 1.20 bits per heavy atom. The third-order valence-electron chi connectivity index (χ3n) is 17.7. The van der Waals surface area contributed by atoms with Crippen LogP contribution in [-0.4, -0.2) is 84.1 Å². The van der Waals surface area contributed by atoms with Crippen LogP contribution in [0.5, 0.6) is 34.5 Å². The van der Waals surface area contributed by atoms with Crippen LogP contribution in [0.15, 0.2) is 85.5 Å². The molecule has 3 aromatic heterocycles. The molecular weight excluding hydrogens is 1350 g/mol. The van der Waals surface area contributed by atoms with Gasteiger partial charge < -0.3 is 55.4 Å². The first kappa shape index (κ1) is 70.1. The second kappa shape index (κ2) is 30.6. The third kappa shape index (κ3) is 14.4. The number of amides is 1. The lowest BCUT2D eigenvalue weighted by Gasteiger charge is -2.26. The number of halogens is 6. The van der Waals surface area contributed by atoms with Gasteiger partial charge in [-0.15, -0.1) is 0 Å². The molecule has 504 valence electrons. The second-order valence-corrected chi connectivity index (χ2v) is 25.5. The molecule has 0 fully saturated rings. The summed E-state index contributed by atoms with van der Waals surface area (Å²) in [6, 6.07) is 21.6. The van der Waals surface area contributed by atoms with E-state index in [0.717, 1.165) is 129 Å². The number of carbonyl (C=O) groups is 1. The molecule has 3 heterocycles. The number of nitrogens with zero attached hydrogens (tertiary/aromatic N) is 4. The minimum absolute atomic E-state index is 0.0116. The van der Waals surface area contributed by atoms with Crippen molar-refractivity contribution in [2.45, 2.75) is 96.3 Å². The molecule has 0 aliphatic heterocycles. The summed E-state index contributed by atoms with van der Waals surface area (Å²) in [5.74, 6) is 5.29. The van der Waals surface area contributed by atoms with Gasteiger partial charge >= 0.3 is 0 Å². The molecule has 1 amide bonds. The van der Waals surface area contributed by atoms with Crippen molar-refractivity contribution < 1.29 is 38.1 Å². The monoisotopic (exact) mass is 1420 g/mol. The second-order valence-electron chi connectivity index (χ2n) is 23.2. The fraction of sp³-hybridized carbons (Fsp3) is 0.304. The van der Waals surface area contributed by atoms with Gasteiger partial charge in [0.15, 0.2) is 17.5 Å². The predicted octanol–water partition coefficient (Wildman–Crippen LogP) is 17.8. The molecule has 0 saturated carbocycles. The average molecular weight is 1430 g/mol. The van der Waals surface area contributed by atoms with Crippen molar-refractivity contribution in [3.8, 4) is 34.5 Å². The number of fused-ring (bicyclic) bond motifs is 3. The number of aryl methyl sites for hydroxylation is 3. The Hall–Kier alpha value is -8.70. The maximum Gasteiger partial charge on any atom is 0.292 e. The molecule has 3 atom stereocenters. The summed E-state index contributed by atoms with van der Waals surface area (Å²) >= 11 is 39.8. The van der Waals surface area contributed by atoms with E-state index in [1.54, 1.807) is 66.9 Å². The van der Waals surface area contributed by atoms with Crippen LogP contribution in [0.2, 0.25) is 30.1 Å². The molecule has 3 aliphatic rings. The minimum Gasteiger partial charge on any atom is -0.495 e. The summed E-state index contributed by atoms with van der Waals surface area (Å²) in [5.41, 5.74) is 21.2. The Bertz CT molecular complexity index is 4320. The number of hydrogen-bond acceptors (Lipinski definition) is 16. The van der Waals surface area contributed by atoms with Gasteiger partial charge in [0, 0.05) is 74.7 Å². The Labute approximate surface area is 585 Å². The Morgan fingerprint density at radius 1 is 0.531 bits per heavy atom. The molecule has 3 aliphatic carbocycles. The van der Waals surface area contributed by atoms with Gasteiger partial charge in [-0.05, 0) is 131 Å². The van der Waals surface area contributed by atoms with Gasteiger partial charge in [0.05, 0.1) is 100 Å². The first-order valence-electron chi connectivity index (χ1n) is 30.6. The molecular formula is C69H72Cl6N12O9. The molecule has 0 spiro atoms. The highest BCUT2D eigenvalue weighted by Gasteiger charge is 2.35.